The lowest BCUT2D eigenvalue weighted by atomic mass is 10.1. The summed E-state index contributed by atoms with van der Waals surface area (Å²) in [7, 11) is 0. The third kappa shape index (κ3) is 3.14. The van der Waals surface area contributed by atoms with E-state index >= 15 is 0 Å². The summed E-state index contributed by atoms with van der Waals surface area (Å²) in [5.41, 5.74) is 6.10. The molecular formula is C14H17N3O3. The number of nitrogens with one attached hydrogen (secondary N) is 1. The molecule has 0 bridgehead atoms. The van der Waals surface area contributed by atoms with Crippen LogP contribution in [-0.2, 0) is 9.59 Å². The number of hydrogen-bond acceptors (Lipinski definition) is 4. The second-order valence-corrected chi connectivity index (χ2v) is 4.72. The van der Waals surface area contributed by atoms with E-state index in [4.69, 9.17) is 5.73 Å². The first-order chi connectivity index (χ1) is 9.59. The van der Waals surface area contributed by atoms with Crippen molar-refractivity contribution < 1.29 is 14.4 Å². The molecule has 0 spiro atoms. The van der Waals surface area contributed by atoms with Gasteiger partial charge in [0.2, 0.25) is 0 Å². The first-order valence-electron chi connectivity index (χ1n) is 6.58. The SMILES string of the molecule is Nc1ccccc1C(=O)NC(=O)C(=O)N1CCCCC1. The fourth-order valence-corrected chi connectivity index (χ4v) is 2.17. The first kappa shape index (κ1) is 14.0. The molecular weight excluding hydrogens is 258 g/mol. The number of para-hydroxylation sites is 1. The van der Waals surface area contributed by atoms with Gasteiger partial charge in [-0.15, -0.1) is 0 Å². The minimum atomic E-state index is -0.903. The van der Waals surface area contributed by atoms with Crippen molar-refractivity contribution >= 4 is 23.4 Å². The van der Waals surface area contributed by atoms with Gasteiger partial charge in [-0.3, -0.25) is 19.7 Å². The van der Waals surface area contributed by atoms with Crippen LogP contribution in [0.3, 0.4) is 0 Å². The van der Waals surface area contributed by atoms with E-state index < -0.39 is 17.7 Å². The minimum Gasteiger partial charge on any atom is -0.398 e. The predicted molar refractivity (Wildman–Crippen MR) is 73.8 cm³/mol. The molecule has 0 unspecified atom stereocenters. The standard InChI is InChI=1S/C14H17N3O3/c15-11-7-3-2-6-10(11)12(18)16-13(19)14(20)17-8-4-1-5-9-17/h2-3,6-7H,1,4-5,8-9,15H2,(H,16,18,19). The van der Waals surface area contributed by atoms with E-state index in [1.54, 1.807) is 18.2 Å². The molecule has 20 heavy (non-hydrogen) atoms. The summed E-state index contributed by atoms with van der Waals surface area (Å²) in [6.07, 6.45) is 2.84. The Bertz CT molecular complexity index is 536. The van der Waals surface area contributed by atoms with Gasteiger partial charge < -0.3 is 10.6 Å². The molecule has 1 heterocycles. The van der Waals surface area contributed by atoms with Crippen molar-refractivity contribution in [2.24, 2.45) is 0 Å². The number of carbonyl (C=O) groups is 3. The maximum atomic E-state index is 11.9. The molecule has 6 heteroatoms. The first-order valence-corrected chi connectivity index (χ1v) is 6.58. The Kier molecular flexibility index (Phi) is 4.34. The van der Waals surface area contributed by atoms with Crippen molar-refractivity contribution in [2.75, 3.05) is 18.8 Å². The number of benzene rings is 1. The maximum Gasteiger partial charge on any atom is 0.316 e. The van der Waals surface area contributed by atoms with Crippen LogP contribution in [0.15, 0.2) is 24.3 Å². The van der Waals surface area contributed by atoms with Gasteiger partial charge in [-0.1, -0.05) is 12.1 Å². The molecule has 1 aliphatic heterocycles. The molecule has 6 nitrogen and oxygen atoms in total. The number of likely N-dealkylation sites (tertiary alicyclic amines) is 1. The zero-order chi connectivity index (χ0) is 14.5. The predicted octanol–water partition coefficient (Wildman–Crippen LogP) is 0.538. The van der Waals surface area contributed by atoms with Gasteiger partial charge in [0.15, 0.2) is 0 Å². The van der Waals surface area contributed by atoms with Crippen LogP contribution >= 0.6 is 0 Å². The third-order valence-electron chi connectivity index (χ3n) is 3.27. The number of hydrogen-bond donors (Lipinski definition) is 2. The van der Waals surface area contributed by atoms with Gasteiger partial charge in [0.05, 0.1) is 5.56 Å². The van der Waals surface area contributed by atoms with Crippen molar-refractivity contribution in [3.8, 4) is 0 Å². The molecule has 1 fully saturated rings. The van der Waals surface area contributed by atoms with Crippen LogP contribution in [0.2, 0.25) is 0 Å². The summed E-state index contributed by atoms with van der Waals surface area (Å²) in [6.45, 7) is 1.13. The number of anilines is 1. The van der Waals surface area contributed by atoms with Gasteiger partial charge in [0, 0.05) is 18.8 Å². The van der Waals surface area contributed by atoms with Crippen molar-refractivity contribution in [1.29, 1.82) is 0 Å². The Labute approximate surface area is 116 Å². The fourth-order valence-electron chi connectivity index (χ4n) is 2.17. The second kappa shape index (κ2) is 6.18. The lowest BCUT2D eigenvalue weighted by Gasteiger charge is -2.25. The topological polar surface area (TPSA) is 92.5 Å². The largest absolute Gasteiger partial charge is 0.398 e. The highest BCUT2D eigenvalue weighted by Gasteiger charge is 2.25. The molecule has 0 aliphatic carbocycles. The number of imide groups is 1. The molecule has 3 amide bonds. The number of rotatable bonds is 1. The van der Waals surface area contributed by atoms with E-state index in [1.807, 2.05) is 0 Å². The Hall–Kier alpha value is -2.37. The molecule has 1 aliphatic rings. The molecule has 106 valence electrons. The van der Waals surface area contributed by atoms with Crippen LogP contribution in [0.1, 0.15) is 29.6 Å². The van der Waals surface area contributed by atoms with Crippen LogP contribution in [0, 0.1) is 0 Å². The van der Waals surface area contributed by atoms with Gasteiger partial charge in [-0.05, 0) is 31.4 Å². The van der Waals surface area contributed by atoms with E-state index in [0.717, 1.165) is 19.3 Å². The summed E-state index contributed by atoms with van der Waals surface area (Å²) >= 11 is 0. The van der Waals surface area contributed by atoms with Gasteiger partial charge in [-0.25, -0.2) is 0 Å². The molecule has 1 saturated heterocycles. The Morgan fingerprint density at radius 1 is 1.05 bits per heavy atom. The van der Waals surface area contributed by atoms with Crippen molar-refractivity contribution in [3.05, 3.63) is 29.8 Å². The van der Waals surface area contributed by atoms with Crippen molar-refractivity contribution in [3.63, 3.8) is 0 Å². The molecule has 1 aromatic rings. The van der Waals surface area contributed by atoms with Crippen molar-refractivity contribution in [2.45, 2.75) is 19.3 Å². The number of piperidine rings is 1. The number of nitrogen functional groups attached to an aromatic ring is 1. The van der Waals surface area contributed by atoms with E-state index in [-0.39, 0.29) is 11.3 Å². The van der Waals surface area contributed by atoms with Crippen LogP contribution in [0.5, 0.6) is 0 Å². The quantitative estimate of drug-likeness (QED) is 0.578. The average Bonchev–Trinajstić information content (AvgIpc) is 2.47. The normalized spacial score (nSPS) is 14.7. The molecule has 1 aromatic carbocycles. The van der Waals surface area contributed by atoms with E-state index in [0.29, 0.717) is 13.1 Å². The highest BCUT2D eigenvalue weighted by Crippen LogP contribution is 2.11. The summed E-state index contributed by atoms with van der Waals surface area (Å²) in [5, 5.41) is 2.09. The van der Waals surface area contributed by atoms with Gasteiger partial charge in [-0.2, -0.15) is 0 Å². The number of carbonyl (C=O) groups excluding carboxylic acids is 3. The fraction of sp³-hybridized carbons (Fsp3) is 0.357. The molecule has 2 rings (SSSR count). The molecule has 0 aromatic heterocycles. The highest BCUT2D eigenvalue weighted by molar-refractivity contribution is 6.38. The molecule has 0 radical (unpaired) electrons. The van der Waals surface area contributed by atoms with Crippen LogP contribution < -0.4 is 11.1 Å². The number of amides is 3. The van der Waals surface area contributed by atoms with Crippen molar-refractivity contribution in [1.82, 2.24) is 10.2 Å². The summed E-state index contributed by atoms with van der Waals surface area (Å²) < 4.78 is 0. The monoisotopic (exact) mass is 275 g/mol. The third-order valence-corrected chi connectivity index (χ3v) is 3.27. The van der Waals surface area contributed by atoms with Gasteiger partial charge >= 0.3 is 11.8 Å². The molecule has 0 saturated carbocycles. The maximum absolute atomic E-state index is 11.9. The Morgan fingerprint density at radius 3 is 2.35 bits per heavy atom. The summed E-state index contributed by atoms with van der Waals surface area (Å²) in [6, 6.07) is 6.39. The smallest absolute Gasteiger partial charge is 0.316 e. The van der Waals surface area contributed by atoms with E-state index in [1.165, 1.54) is 11.0 Å². The van der Waals surface area contributed by atoms with E-state index in [9.17, 15) is 14.4 Å². The van der Waals surface area contributed by atoms with Gasteiger partial charge in [0.1, 0.15) is 0 Å². The Morgan fingerprint density at radius 2 is 1.70 bits per heavy atom. The zero-order valence-corrected chi connectivity index (χ0v) is 11.1. The zero-order valence-electron chi connectivity index (χ0n) is 11.1. The van der Waals surface area contributed by atoms with Crippen LogP contribution in [0.4, 0.5) is 5.69 Å². The lowest BCUT2D eigenvalue weighted by molar-refractivity contribution is -0.145. The second-order valence-electron chi connectivity index (χ2n) is 4.72. The minimum absolute atomic E-state index is 0.187. The summed E-state index contributed by atoms with van der Waals surface area (Å²) in [4.78, 5) is 37.0. The van der Waals surface area contributed by atoms with Crippen LogP contribution in [0.25, 0.3) is 0 Å². The molecule has 0 atom stereocenters. The number of nitrogens with two attached hydrogens (primary N) is 1. The van der Waals surface area contributed by atoms with E-state index in [2.05, 4.69) is 5.32 Å². The van der Waals surface area contributed by atoms with Gasteiger partial charge in [0.25, 0.3) is 5.91 Å². The lowest BCUT2D eigenvalue weighted by Crippen LogP contribution is -2.46. The average molecular weight is 275 g/mol. The van der Waals surface area contributed by atoms with Crippen LogP contribution in [-0.4, -0.2) is 35.7 Å². The Balaban J connectivity index is 1.99. The molecule has 3 N–H and O–H groups in total. The summed E-state index contributed by atoms with van der Waals surface area (Å²) in [5.74, 6) is -2.22. The number of nitrogens with zero attached hydrogens (tertiary/aromatic N) is 1. The highest BCUT2D eigenvalue weighted by atomic mass is 16.2.